The lowest BCUT2D eigenvalue weighted by molar-refractivity contribution is -0.137. The zero-order valence-electron chi connectivity index (χ0n) is 14.4. The number of rotatable bonds is 10. The highest BCUT2D eigenvalue weighted by molar-refractivity contribution is 5.74. The van der Waals surface area contributed by atoms with Crippen LogP contribution >= 0.6 is 0 Å². The smallest absolute Gasteiger partial charge is 0.315 e. The molecule has 2 amide bonds. The van der Waals surface area contributed by atoms with Crippen molar-refractivity contribution in [2.24, 2.45) is 5.41 Å². The third-order valence-electron chi connectivity index (χ3n) is 3.88. The molecule has 6 nitrogen and oxygen atoms in total. The molecule has 0 aliphatic rings. The van der Waals surface area contributed by atoms with Crippen LogP contribution in [0, 0.1) is 5.41 Å². The van der Waals surface area contributed by atoms with Crippen molar-refractivity contribution in [1.82, 2.24) is 10.6 Å². The van der Waals surface area contributed by atoms with Gasteiger partial charge in [0.15, 0.2) is 0 Å². The van der Waals surface area contributed by atoms with Gasteiger partial charge in [0.05, 0.1) is 0 Å². The second-order valence-corrected chi connectivity index (χ2v) is 6.78. The van der Waals surface area contributed by atoms with Gasteiger partial charge in [-0.2, -0.15) is 0 Å². The molecule has 0 fully saturated rings. The van der Waals surface area contributed by atoms with E-state index in [1.807, 2.05) is 44.2 Å². The standard InChI is InChI=1S/C18H28N2O4/c1-18(2,10-11-21)13-19-17(24)20-15(8-9-16(22)23)12-14-6-4-3-5-7-14/h3-7,15,21H,8-13H2,1-2H3,(H,22,23)(H2,19,20,24). The molecule has 0 radical (unpaired) electrons. The van der Waals surface area contributed by atoms with Crippen molar-refractivity contribution in [3.63, 3.8) is 0 Å². The van der Waals surface area contributed by atoms with Gasteiger partial charge in [-0.3, -0.25) is 4.79 Å². The summed E-state index contributed by atoms with van der Waals surface area (Å²) in [5.74, 6) is -0.876. The molecular weight excluding hydrogens is 308 g/mol. The third-order valence-corrected chi connectivity index (χ3v) is 3.88. The number of hydrogen-bond acceptors (Lipinski definition) is 3. The number of carboxylic acids is 1. The number of hydrogen-bond donors (Lipinski definition) is 4. The third kappa shape index (κ3) is 8.53. The Labute approximate surface area is 143 Å². The van der Waals surface area contributed by atoms with E-state index < -0.39 is 5.97 Å². The molecule has 1 aromatic rings. The maximum atomic E-state index is 12.1. The van der Waals surface area contributed by atoms with E-state index in [2.05, 4.69) is 10.6 Å². The first-order valence-corrected chi connectivity index (χ1v) is 8.23. The molecule has 1 rings (SSSR count). The van der Waals surface area contributed by atoms with Crippen LogP contribution in [0.5, 0.6) is 0 Å². The van der Waals surface area contributed by atoms with E-state index in [4.69, 9.17) is 10.2 Å². The van der Waals surface area contributed by atoms with Crippen LogP contribution in [0.4, 0.5) is 4.79 Å². The van der Waals surface area contributed by atoms with Gasteiger partial charge in [-0.1, -0.05) is 44.2 Å². The van der Waals surface area contributed by atoms with Gasteiger partial charge >= 0.3 is 12.0 Å². The van der Waals surface area contributed by atoms with Gasteiger partial charge in [0.1, 0.15) is 0 Å². The molecule has 0 saturated carbocycles. The summed E-state index contributed by atoms with van der Waals surface area (Å²) in [6.45, 7) is 4.45. The number of aliphatic hydroxyl groups is 1. The first kappa shape index (κ1) is 20.0. The minimum Gasteiger partial charge on any atom is -0.481 e. The molecule has 0 heterocycles. The number of urea groups is 1. The average Bonchev–Trinajstić information content (AvgIpc) is 2.52. The van der Waals surface area contributed by atoms with Crippen molar-refractivity contribution < 1.29 is 19.8 Å². The van der Waals surface area contributed by atoms with Gasteiger partial charge in [0.25, 0.3) is 0 Å². The summed E-state index contributed by atoms with van der Waals surface area (Å²) in [5.41, 5.74) is 0.857. The van der Waals surface area contributed by atoms with E-state index in [9.17, 15) is 9.59 Å². The summed E-state index contributed by atoms with van der Waals surface area (Å²) in [6, 6.07) is 9.10. The highest BCUT2D eigenvalue weighted by atomic mass is 16.4. The number of aliphatic hydroxyl groups excluding tert-OH is 1. The van der Waals surface area contributed by atoms with Crippen molar-refractivity contribution in [3.8, 4) is 0 Å². The fraction of sp³-hybridized carbons (Fsp3) is 0.556. The molecule has 0 aliphatic heterocycles. The molecule has 0 saturated heterocycles. The van der Waals surface area contributed by atoms with Crippen LogP contribution in [0.1, 0.15) is 38.7 Å². The fourth-order valence-electron chi connectivity index (χ4n) is 2.37. The highest BCUT2D eigenvalue weighted by Gasteiger charge is 2.20. The molecule has 4 N–H and O–H groups in total. The Morgan fingerprint density at radius 3 is 2.46 bits per heavy atom. The van der Waals surface area contributed by atoms with E-state index in [0.717, 1.165) is 5.56 Å². The number of aliphatic carboxylic acids is 1. The Morgan fingerprint density at radius 2 is 1.88 bits per heavy atom. The Morgan fingerprint density at radius 1 is 1.21 bits per heavy atom. The topological polar surface area (TPSA) is 98.7 Å². The highest BCUT2D eigenvalue weighted by Crippen LogP contribution is 2.17. The number of carbonyl (C=O) groups excluding carboxylic acids is 1. The second kappa shape index (κ2) is 9.93. The molecular formula is C18H28N2O4. The zero-order chi connectivity index (χ0) is 18.0. The second-order valence-electron chi connectivity index (χ2n) is 6.78. The van der Waals surface area contributed by atoms with Crippen LogP contribution in [0.25, 0.3) is 0 Å². The SMILES string of the molecule is CC(C)(CCO)CNC(=O)NC(CCC(=O)O)Cc1ccccc1. The monoisotopic (exact) mass is 336 g/mol. The van der Waals surface area contributed by atoms with Crippen molar-refractivity contribution in [2.45, 2.75) is 45.6 Å². The van der Waals surface area contributed by atoms with E-state index in [1.165, 1.54) is 0 Å². The largest absolute Gasteiger partial charge is 0.481 e. The van der Waals surface area contributed by atoms with Crippen molar-refractivity contribution in [2.75, 3.05) is 13.2 Å². The van der Waals surface area contributed by atoms with Gasteiger partial charge in [0, 0.05) is 25.6 Å². The first-order chi connectivity index (χ1) is 11.3. The first-order valence-electron chi connectivity index (χ1n) is 8.23. The van der Waals surface area contributed by atoms with E-state index >= 15 is 0 Å². The molecule has 0 aromatic heterocycles. The average molecular weight is 336 g/mol. The zero-order valence-corrected chi connectivity index (χ0v) is 14.4. The van der Waals surface area contributed by atoms with Crippen LogP contribution in [-0.2, 0) is 11.2 Å². The predicted octanol–water partition coefficient (Wildman–Crippen LogP) is 2.17. The Balaban J connectivity index is 2.56. The summed E-state index contributed by atoms with van der Waals surface area (Å²) in [4.78, 5) is 22.9. The lowest BCUT2D eigenvalue weighted by Crippen LogP contribution is -2.46. The van der Waals surface area contributed by atoms with Gasteiger partial charge in [-0.05, 0) is 30.2 Å². The van der Waals surface area contributed by atoms with Crippen molar-refractivity contribution in [3.05, 3.63) is 35.9 Å². The van der Waals surface area contributed by atoms with Crippen LogP contribution in [0.15, 0.2) is 30.3 Å². The number of benzene rings is 1. The van der Waals surface area contributed by atoms with Gasteiger partial charge in [-0.25, -0.2) is 4.79 Å². The lowest BCUT2D eigenvalue weighted by atomic mass is 9.90. The van der Waals surface area contributed by atoms with Gasteiger partial charge in [-0.15, -0.1) is 0 Å². The number of nitrogens with one attached hydrogen (secondary N) is 2. The summed E-state index contributed by atoms with van der Waals surface area (Å²) < 4.78 is 0. The Bertz CT molecular complexity index is 517. The molecule has 0 aliphatic carbocycles. The maximum Gasteiger partial charge on any atom is 0.315 e. The van der Waals surface area contributed by atoms with Crippen LogP contribution in [-0.4, -0.2) is 41.4 Å². The molecule has 1 aromatic carbocycles. The fourth-order valence-corrected chi connectivity index (χ4v) is 2.37. The molecule has 134 valence electrons. The van der Waals surface area contributed by atoms with Crippen LogP contribution in [0.3, 0.4) is 0 Å². The normalized spacial score (nSPS) is 12.5. The lowest BCUT2D eigenvalue weighted by Gasteiger charge is -2.25. The quantitative estimate of drug-likeness (QED) is 0.526. The Kier molecular flexibility index (Phi) is 8.26. The van der Waals surface area contributed by atoms with Gasteiger partial charge in [0.2, 0.25) is 0 Å². The van der Waals surface area contributed by atoms with Crippen molar-refractivity contribution >= 4 is 12.0 Å². The summed E-state index contributed by atoms with van der Waals surface area (Å²) >= 11 is 0. The minimum atomic E-state index is -0.876. The maximum absolute atomic E-state index is 12.1. The number of carbonyl (C=O) groups is 2. The molecule has 24 heavy (non-hydrogen) atoms. The van der Waals surface area contributed by atoms with E-state index in [-0.39, 0.29) is 30.5 Å². The minimum absolute atomic E-state index is 0.00772. The van der Waals surface area contributed by atoms with Crippen molar-refractivity contribution in [1.29, 1.82) is 0 Å². The summed E-state index contributed by atoms with van der Waals surface area (Å²) in [6.07, 6.45) is 1.56. The Hall–Kier alpha value is -2.08. The number of carboxylic acid groups (broad SMARTS) is 1. The molecule has 0 bridgehead atoms. The summed E-state index contributed by atoms with van der Waals surface area (Å²) in [7, 11) is 0. The van der Waals surface area contributed by atoms with Crippen LogP contribution in [0.2, 0.25) is 0 Å². The molecule has 1 atom stereocenters. The number of amides is 2. The van der Waals surface area contributed by atoms with E-state index in [1.54, 1.807) is 0 Å². The molecule has 6 heteroatoms. The van der Waals surface area contributed by atoms with Crippen LogP contribution < -0.4 is 10.6 Å². The molecule has 1 unspecified atom stereocenters. The molecule has 0 spiro atoms. The van der Waals surface area contributed by atoms with Gasteiger partial charge < -0.3 is 20.8 Å². The van der Waals surface area contributed by atoms with E-state index in [0.29, 0.717) is 25.8 Å². The predicted molar refractivity (Wildman–Crippen MR) is 92.8 cm³/mol. The summed E-state index contributed by atoms with van der Waals surface area (Å²) in [5, 5.41) is 23.6.